The molecule has 1 amide bonds. The monoisotopic (exact) mass is 293 g/mol. The molecule has 2 rings (SSSR count). The molecule has 1 aliphatic rings. The van der Waals surface area contributed by atoms with Gasteiger partial charge >= 0.3 is 5.97 Å². The molecule has 0 saturated heterocycles. The summed E-state index contributed by atoms with van der Waals surface area (Å²) in [6, 6.07) is 0.194. The molecule has 1 aromatic rings. The van der Waals surface area contributed by atoms with E-state index in [1.54, 1.807) is 16.5 Å². The van der Waals surface area contributed by atoms with E-state index in [1.807, 2.05) is 20.9 Å². The van der Waals surface area contributed by atoms with E-state index in [0.29, 0.717) is 13.0 Å². The van der Waals surface area contributed by atoms with Crippen LogP contribution in [0, 0.1) is 13.8 Å². The van der Waals surface area contributed by atoms with Crippen molar-refractivity contribution >= 4 is 11.9 Å². The molecule has 1 saturated carbocycles. The van der Waals surface area contributed by atoms with Crippen LogP contribution in [0.2, 0.25) is 0 Å². The number of ether oxygens (including phenoxy) is 1. The lowest BCUT2D eigenvalue weighted by atomic mass is 10.1. The average Bonchev–Trinajstić information content (AvgIpc) is 3.22. The predicted octanol–water partition coefficient (Wildman–Crippen LogP) is 1.13. The second-order valence-corrected chi connectivity index (χ2v) is 5.51. The normalized spacial score (nSPS) is 14.1. The first-order chi connectivity index (χ1) is 9.93. The lowest BCUT2D eigenvalue weighted by Gasteiger charge is -2.21. The zero-order valence-corrected chi connectivity index (χ0v) is 13.2. The van der Waals surface area contributed by atoms with E-state index in [2.05, 4.69) is 5.10 Å². The molecule has 0 atom stereocenters. The van der Waals surface area contributed by atoms with Crippen LogP contribution in [0.25, 0.3) is 0 Å². The highest BCUT2D eigenvalue weighted by Crippen LogP contribution is 2.28. The number of nitrogens with zero attached hydrogens (tertiary/aromatic N) is 3. The first-order valence-electron chi connectivity index (χ1n) is 7.38. The van der Waals surface area contributed by atoms with Crippen LogP contribution < -0.4 is 0 Å². The van der Waals surface area contributed by atoms with Crippen LogP contribution >= 0.6 is 0 Å². The molecule has 0 unspecified atom stereocenters. The molecule has 1 aromatic heterocycles. The summed E-state index contributed by atoms with van der Waals surface area (Å²) >= 11 is 0. The Balaban J connectivity index is 2.07. The molecule has 1 fully saturated rings. The van der Waals surface area contributed by atoms with Crippen LogP contribution in [-0.4, -0.2) is 45.8 Å². The van der Waals surface area contributed by atoms with E-state index in [4.69, 9.17) is 4.74 Å². The van der Waals surface area contributed by atoms with Crippen molar-refractivity contribution in [3.05, 3.63) is 17.0 Å². The molecular formula is C15H23N3O3. The maximum absolute atomic E-state index is 12.5. The Labute approximate surface area is 125 Å². The van der Waals surface area contributed by atoms with Crippen LogP contribution in [-0.2, 0) is 27.8 Å². The van der Waals surface area contributed by atoms with Gasteiger partial charge in [-0.05, 0) is 33.6 Å². The van der Waals surface area contributed by atoms with E-state index < -0.39 is 0 Å². The highest BCUT2D eigenvalue weighted by Gasteiger charge is 2.34. The maximum Gasteiger partial charge on any atom is 0.325 e. The van der Waals surface area contributed by atoms with Crippen LogP contribution in [0.1, 0.15) is 36.7 Å². The average molecular weight is 293 g/mol. The van der Waals surface area contributed by atoms with Gasteiger partial charge in [-0.25, -0.2) is 0 Å². The molecule has 6 heteroatoms. The topological polar surface area (TPSA) is 64.4 Å². The van der Waals surface area contributed by atoms with Gasteiger partial charge < -0.3 is 9.64 Å². The Morgan fingerprint density at radius 1 is 1.38 bits per heavy atom. The molecule has 0 aromatic carbocycles. The van der Waals surface area contributed by atoms with E-state index >= 15 is 0 Å². The molecule has 0 aliphatic heterocycles. The van der Waals surface area contributed by atoms with Crippen LogP contribution in [0.5, 0.6) is 0 Å². The van der Waals surface area contributed by atoms with Gasteiger partial charge in [0.1, 0.15) is 6.54 Å². The van der Waals surface area contributed by atoms with Gasteiger partial charge in [-0.1, -0.05) is 0 Å². The number of carbonyl (C=O) groups excluding carboxylic acids is 2. The smallest absolute Gasteiger partial charge is 0.325 e. The van der Waals surface area contributed by atoms with Crippen LogP contribution in [0.3, 0.4) is 0 Å². The Hall–Kier alpha value is -1.85. The second kappa shape index (κ2) is 6.28. The first kappa shape index (κ1) is 15.5. The van der Waals surface area contributed by atoms with Crippen LogP contribution in [0.15, 0.2) is 0 Å². The fraction of sp³-hybridized carbons (Fsp3) is 0.667. The van der Waals surface area contributed by atoms with Gasteiger partial charge in [0.2, 0.25) is 5.91 Å². The number of amides is 1. The molecule has 0 radical (unpaired) electrons. The minimum absolute atomic E-state index is 0.0234. The second-order valence-electron chi connectivity index (χ2n) is 5.51. The summed E-state index contributed by atoms with van der Waals surface area (Å²) in [4.78, 5) is 25.8. The Bertz CT molecular complexity index is 547. The molecule has 6 nitrogen and oxygen atoms in total. The van der Waals surface area contributed by atoms with Crippen molar-refractivity contribution in [2.45, 2.75) is 46.1 Å². The summed E-state index contributed by atoms with van der Waals surface area (Å²) in [7, 11) is 1.87. The minimum Gasteiger partial charge on any atom is -0.465 e. The number of aryl methyl sites for hydroxylation is 2. The third-order valence-electron chi connectivity index (χ3n) is 3.90. The van der Waals surface area contributed by atoms with E-state index in [9.17, 15) is 9.59 Å². The number of hydrogen-bond donors (Lipinski definition) is 0. The molecule has 21 heavy (non-hydrogen) atoms. The fourth-order valence-electron chi connectivity index (χ4n) is 2.48. The summed E-state index contributed by atoms with van der Waals surface area (Å²) in [6.07, 6.45) is 2.23. The highest BCUT2D eigenvalue weighted by molar-refractivity contribution is 5.84. The lowest BCUT2D eigenvalue weighted by Crippen LogP contribution is -2.39. The summed E-state index contributed by atoms with van der Waals surface area (Å²) < 4.78 is 6.74. The summed E-state index contributed by atoms with van der Waals surface area (Å²) in [5.41, 5.74) is 2.82. The van der Waals surface area contributed by atoms with Gasteiger partial charge in [-0.2, -0.15) is 5.10 Å². The summed E-state index contributed by atoms with van der Waals surface area (Å²) in [6.45, 7) is 6.02. The van der Waals surface area contributed by atoms with Crippen molar-refractivity contribution in [3.8, 4) is 0 Å². The zero-order chi connectivity index (χ0) is 15.6. The number of rotatable bonds is 6. The molecule has 1 heterocycles. The van der Waals surface area contributed by atoms with Crippen molar-refractivity contribution in [3.63, 3.8) is 0 Å². The van der Waals surface area contributed by atoms with Gasteiger partial charge in [0.15, 0.2) is 0 Å². The molecule has 0 spiro atoms. The molecular weight excluding hydrogens is 270 g/mol. The van der Waals surface area contributed by atoms with Gasteiger partial charge in [-0.15, -0.1) is 0 Å². The Morgan fingerprint density at radius 2 is 2.05 bits per heavy atom. The van der Waals surface area contributed by atoms with E-state index in [-0.39, 0.29) is 24.5 Å². The Morgan fingerprint density at radius 3 is 2.52 bits per heavy atom. The maximum atomic E-state index is 12.5. The van der Waals surface area contributed by atoms with Crippen molar-refractivity contribution in [1.29, 1.82) is 0 Å². The van der Waals surface area contributed by atoms with Gasteiger partial charge in [0.25, 0.3) is 0 Å². The van der Waals surface area contributed by atoms with Crippen LogP contribution in [0.4, 0.5) is 0 Å². The molecule has 116 valence electrons. The molecule has 0 N–H and O–H groups in total. The van der Waals surface area contributed by atoms with Crippen molar-refractivity contribution in [2.75, 3.05) is 13.2 Å². The van der Waals surface area contributed by atoms with Gasteiger partial charge in [-0.3, -0.25) is 14.3 Å². The number of carbonyl (C=O) groups is 2. The van der Waals surface area contributed by atoms with E-state index in [0.717, 1.165) is 29.8 Å². The number of esters is 1. The summed E-state index contributed by atoms with van der Waals surface area (Å²) in [5.74, 6) is -0.359. The predicted molar refractivity (Wildman–Crippen MR) is 77.8 cm³/mol. The molecule has 0 bridgehead atoms. The quantitative estimate of drug-likeness (QED) is 0.738. The third kappa shape index (κ3) is 3.62. The highest BCUT2D eigenvalue weighted by atomic mass is 16.5. The van der Waals surface area contributed by atoms with Gasteiger partial charge in [0.05, 0.1) is 18.7 Å². The van der Waals surface area contributed by atoms with Gasteiger partial charge in [0, 0.05) is 24.3 Å². The third-order valence-corrected chi connectivity index (χ3v) is 3.90. The first-order valence-corrected chi connectivity index (χ1v) is 7.38. The molecule has 1 aliphatic carbocycles. The summed E-state index contributed by atoms with van der Waals surface area (Å²) in [5, 5.41) is 4.33. The van der Waals surface area contributed by atoms with Crippen molar-refractivity contribution < 1.29 is 14.3 Å². The number of aromatic nitrogens is 2. The largest absolute Gasteiger partial charge is 0.465 e. The Kier molecular flexibility index (Phi) is 4.65. The van der Waals surface area contributed by atoms with Crippen molar-refractivity contribution in [2.24, 2.45) is 7.05 Å². The fourth-order valence-corrected chi connectivity index (χ4v) is 2.48. The zero-order valence-electron chi connectivity index (χ0n) is 13.2. The van der Waals surface area contributed by atoms with E-state index in [1.165, 1.54) is 0 Å². The van der Waals surface area contributed by atoms with Crippen molar-refractivity contribution in [1.82, 2.24) is 14.7 Å². The lowest BCUT2D eigenvalue weighted by molar-refractivity contribution is -0.149. The minimum atomic E-state index is -0.336. The number of hydrogen-bond acceptors (Lipinski definition) is 4. The standard InChI is InChI=1S/C15H23N3O3/c1-5-21-15(20)9-18(12-6-7-12)14(19)8-13-10(2)16-17(4)11(13)3/h12H,5-9H2,1-4H3. The SMILES string of the molecule is CCOC(=O)CN(C(=O)Cc1c(C)nn(C)c1C)C1CC1.